The van der Waals surface area contributed by atoms with Gasteiger partial charge in [0.25, 0.3) is 5.56 Å². The highest BCUT2D eigenvalue weighted by molar-refractivity contribution is 9.10. The van der Waals surface area contributed by atoms with Gasteiger partial charge in [0.2, 0.25) is 5.91 Å². The molecule has 0 spiro atoms. The van der Waals surface area contributed by atoms with Crippen LogP contribution in [-0.4, -0.2) is 22.0 Å². The predicted octanol–water partition coefficient (Wildman–Crippen LogP) is 4.44. The maximum atomic E-state index is 13.0. The molecule has 0 aliphatic rings. The van der Waals surface area contributed by atoms with Crippen molar-refractivity contribution in [1.82, 2.24) is 8.97 Å². The molecular weight excluding hydrogens is 434 g/mol. The highest BCUT2D eigenvalue weighted by Gasteiger charge is 2.12. The van der Waals surface area contributed by atoms with Crippen LogP contribution >= 0.6 is 15.9 Å². The van der Waals surface area contributed by atoms with Gasteiger partial charge in [-0.15, -0.1) is 0 Å². The van der Waals surface area contributed by atoms with E-state index in [0.717, 1.165) is 15.5 Å². The van der Waals surface area contributed by atoms with Gasteiger partial charge in [-0.05, 0) is 48.9 Å². The molecule has 2 aromatic carbocycles. The van der Waals surface area contributed by atoms with E-state index in [-0.39, 0.29) is 11.5 Å². The van der Waals surface area contributed by atoms with Crippen LogP contribution in [0.15, 0.2) is 70.1 Å². The number of benzene rings is 2. The SMILES string of the molecule is COc1ccccc1NC(=O)CCCn1c(=O)c2cccn2c2ccc(Br)cc21. The summed E-state index contributed by atoms with van der Waals surface area (Å²) in [7, 11) is 1.57. The molecule has 0 saturated carbocycles. The number of carbonyl (C=O) groups is 1. The number of aryl methyl sites for hydroxylation is 1. The Morgan fingerprint density at radius 3 is 2.72 bits per heavy atom. The summed E-state index contributed by atoms with van der Waals surface area (Å²) >= 11 is 3.49. The van der Waals surface area contributed by atoms with Crippen LogP contribution in [0, 0.1) is 0 Å². The van der Waals surface area contributed by atoms with Crippen molar-refractivity contribution < 1.29 is 9.53 Å². The minimum atomic E-state index is -0.114. The van der Waals surface area contributed by atoms with Crippen molar-refractivity contribution in [3.05, 3.63) is 75.6 Å². The first-order valence-electron chi connectivity index (χ1n) is 9.30. The second-order valence-corrected chi connectivity index (χ2v) is 7.62. The minimum Gasteiger partial charge on any atom is -0.495 e. The van der Waals surface area contributed by atoms with Crippen LogP contribution < -0.4 is 15.6 Å². The first-order valence-corrected chi connectivity index (χ1v) is 10.1. The van der Waals surface area contributed by atoms with E-state index in [9.17, 15) is 9.59 Å². The molecule has 0 saturated heterocycles. The number of ether oxygens (including phenoxy) is 1. The highest BCUT2D eigenvalue weighted by atomic mass is 79.9. The summed E-state index contributed by atoms with van der Waals surface area (Å²) in [5, 5.41) is 2.87. The first kappa shape index (κ1) is 19.3. The van der Waals surface area contributed by atoms with Crippen molar-refractivity contribution in [2.75, 3.05) is 12.4 Å². The fourth-order valence-corrected chi connectivity index (χ4v) is 3.86. The molecule has 1 amide bonds. The molecule has 148 valence electrons. The zero-order valence-electron chi connectivity index (χ0n) is 15.9. The number of hydrogen-bond donors (Lipinski definition) is 1. The topological polar surface area (TPSA) is 64.7 Å². The monoisotopic (exact) mass is 453 g/mol. The molecular formula is C22H20BrN3O3. The second kappa shape index (κ2) is 8.13. The van der Waals surface area contributed by atoms with E-state index >= 15 is 0 Å². The van der Waals surface area contributed by atoms with E-state index in [1.165, 1.54) is 0 Å². The number of anilines is 1. The number of aromatic nitrogens is 2. The summed E-state index contributed by atoms with van der Waals surface area (Å²) in [5.74, 6) is 0.503. The van der Waals surface area contributed by atoms with Crippen molar-refractivity contribution in [2.45, 2.75) is 19.4 Å². The third kappa shape index (κ3) is 3.78. The number of nitrogens with zero attached hydrogens (tertiary/aromatic N) is 2. The van der Waals surface area contributed by atoms with E-state index in [1.807, 2.05) is 53.1 Å². The van der Waals surface area contributed by atoms with Gasteiger partial charge in [-0.25, -0.2) is 0 Å². The quantitative estimate of drug-likeness (QED) is 0.469. The Morgan fingerprint density at radius 2 is 1.90 bits per heavy atom. The van der Waals surface area contributed by atoms with E-state index < -0.39 is 0 Å². The predicted molar refractivity (Wildman–Crippen MR) is 118 cm³/mol. The Kier molecular flexibility index (Phi) is 5.40. The van der Waals surface area contributed by atoms with Gasteiger partial charge in [0, 0.05) is 23.6 Å². The second-order valence-electron chi connectivity index (χ2n) is 6.71. The zero-order chi connectivity index (χ0) is 20.4. The number of nitrogens with one attached hydrogen (secondary N) is 1. The van der Waals surface area contributed by atoms with Gasteiger partial charge in [0.1, 0.15) is 11.3 Å². The third-order valence-electron chi connectivity index (χ3n) is 4.87. The van der Waals surface area contributed by atoms with Gasteiger partial charge in [0.15, 0.2) is 0 Å². The first-order chi connectivity index (χ1) is 14.1. The number of rotatable bonds is 6. The van der Waals surface area contributed by atoms with Crippen LogP contribution in [-0.2, 0) is 11.3 Å². The number of hydrogen-bond acceptors (Lipinski definition) is 3. The average molecular weight is 454 g/mol. The molecule has 2 aromatic heterocycles. The molecule has 0 bridgehead atoms. The van der Waals surface area contributed by atoms with Gasteiger partial charge in [-0.3, -0.25) is 9.59 Å². The summed E-state index contributed by atoms with van der Waals surface area (Å²) in [5.41, 5.74) is 2.98. The van der Waals surface area contributed by atoms with Gasteiger partial charge in [-0.1, -0.05) is 28.1 Å². The van der Waals surface area contributed by atoms with E-state index in [2.05, 4.69) is 21.2 Å². The molecule has 4 aromatic rings. The molecule has 0 fully saturated rings. The van der Waals surface area contributed by atoms with Crippen LogP contribution in [0.1, 0.15) is 12.8 Å². The maximum Gasteiger partial charge on any atom is 0.275 e. The number of halogens is 1. The Bertz CT molecular complexity index is 1260. The van der Waals surface area contributed by atoms with Crippen LogP contribution in [0.3, 0.4) is 0 Å². The maximum absolute atomic E-state index is 13.0. The van der Waals surface area contributed by atoms with Crippen LogP contribution in [0.2, 0.25) is 0 Å². The smallest absolute Gasteiger partial charge is 0.275 e. The fourth-order valence-electron chi connectivity index (χ4n) is 3.51. The highest BCUT2D eigenvalue weighted by Crippen LogP contribution is 2.24. The molecule has 0 radical (unpaired) electrons. The lowest BCUT2D eigenvalue weighted by atomic mass is 10.2. The van der Waals surface area contributed by atoms with Crippen molar-refractivity contribution in [3.63, 3.8) is 0 Å². The molecule has 6 nitrogen and oxygen atoms in total. The number of para-hydroxylation sites is 2. The standard InChI is InChI=1S/C22H20BrN3O3/c1-29-20-8-3-2-6-16(20)24-21(27)9-5-13-26-19-14-15(23)10-11-17(19)25-12-4-7-18(25)22(26)28/h2-4,6-8,10-12,14H,5,9,13H2,1H3,(H,24,27). The zero-order valence-corrected chi connectivity index (χ0v) is 17.5. The molecule has 0 aliphatic heterocycles. The molecule has 0 unspecified atom stereocenters. The third-order valence-corrected chi connectivity index (χ3v) is 5.36. The van der Waals surface area contributed by atoms with Crippen molar-refractivity contribution >= 4 is 44.1 Å². The Balaban J connectivity index is 1.55. The van der Waals surface area contributed by atoms with E-state index in [0.29, 0.717) is 36.3 Å². The molecule has 0 atom stereocenters. The van der Waals surface area contributed by atoms with Gasteiger partial charge in [-0.2, -0.15) is 0 Å². The summed E-state index contributed by atoms with van der Waals surface area (Å²) < 4.78 is 9.80. The van der Waals surface area contributed by atoms with E-state index in [4.69, 9.17) is 4.74 Å². The average Bonchev–Trinajstić information content (AvgIpc) is 3.21. The normalized spacial score (nSPS) is 11.1. The Morgan fingerprint density at radius 1 is 1.07 bits per heavy atom. The van der Waals surface area contributed by atoms with Crippen molar-refractivity contribution in [2.24, 2.45) is 0 Å². The van der Waals surface area contributed by atoms with Crippen LogP contribution in [0.25, 0.3) is 16.6 Å². The summed E-state index contributed by atoms with van der Waals surface area (Å²) in [6, 6.07) is 16.8. The summed E-state index contributed by atoms with van der Waals surface area (Å²) in [6.07, 6.45) is 2.73. The van der Waals surface area contributed by atoms with Crippen LogP contribution in [0.4, 0.5) is 5.69 Å². The molecule has 29 heavy (non-hydrogen) atoms. The molecule has 7 heteroatoms. The lowest BCUT2D eigenvalue weighted by Crippen LogP contribution is -2.23. The lowest BCUT2D eigenvalue weighted by Gasteiger charge is -2.13. The lowest BCUT2D eigenvalue weighted by molar-refractivity contribution is -0.116. The van der Waals surface area contributed by atoms with Gasteiger partial charge >= 0.3 is 0 Å². The Labute approximate surface area is 175 Å². The molecule has 0 aliphatic carbocycles. The number of fused-ring (bicyclic) bond motifs is 3. The van der Waals surface area contributed by atoms with Crippen LogP contribution in [0.5, 0.6) is 5.75 Å². The molecule has 4 rings (SSSR count). The van der Waals surface area contributed by atoms with Gasteiger partial charge < -0.3 is 19.0 Å². The number of carbonyl (C=O) groups excluding carboxylic acids is 1. The van der Waals surface area contributed by atoms with E-state index in [1.54, 1.807) is 23.8 Å². The van der Waals surface area contributed by atoms with Crippen molar-refractivity contribution in [1.29, 1.82) is 0 Å². The molecule has 2 heterocycles. The fraction of sp³-hybridized carbons (Fsp3) is 0.182. The summed E-state index contributed by atoms with van der Waals surface area (Å²) in [6.45, 7) is 0.451. The molecule has 1 N–H and O–H groups in total. The largest absolute Gasteiger partial charge is 0.495 e. The minimum absolute atomic E-state index is 0.0641. The Hall–Kier alpha value is -3.06. The number of amides is 1. The van der Waals surface area contributed by atoms with Crippen molar-refractivity contribution in [3.8, 4) is 5.75 Å². The number of methoxy groups -OCH3 is 1. The summed E-state index contributed by atoms with van der Waals surface area (Å²) in [4.78, 5) is 25.4. The van der Waals surface area contributed by atoms with Gasteiger partial charge in [0.05, 0.1) is 23.8 Å².